The van der Waals surface area contributed by atoms with Crippen molar-refractivity contribution in [1.29, 1.82) is 5.26 Å². The van der Waals surface area contributed by atoms with Crippen LogP contribution in [0, 0.1) is 23.2 Å². The summed E-state index contributed by atoms with van der Waals surface area (Å²) >= 11 is 0. The van der Waals surface area contributed by atoms with Crippen LogP contribution in [0.5, 0.6) is 0 Å². The first kappa shape index (κ1) is 20.4. The molecule has 4 rings (SSSR count). The van der Waals surface area contributed by atoms with Crippen molar-refractivity contribution in [3.63, 3.8) is 0 Å². The second-order valence-electron chi connectivity index (χ2n) is 8.54. The summed E-state index contributed by atoms with van der Waals surface area (Å²) in [5.74, 6) is 1.58. The van der Waals surface area contributed by atoms with Gasteiger partial charge in [0.1, 0.15) is 5.69 Å². The van der Waals surface area contributed by atoms with Crippen molar-refractivity contribution in [2.75, 3.05) is 0 Å². The molecule has 3 heteroatoms. The zero-order valence-electron chi connectivity index (χ0n) is 17.9. The minimum atomic E-state index is 0.516. The number of hydrogen-bond donors (Lipinski definition) is 0. The lowest BCUT2D eigenvalue weighted by Crippen LogP contribution is -2.20. The summed E-state index contributed by atoms with van der Waals surface area (Å²) in [4.78, 5) is 0. The fourth-order valence-electron chi connectivity index (χ4n) is 4.85. The standard InChI is InChI=1S/C27H31N3/c1-2-21-15-17-22(18-16-21)20-30-25(14-9-19-28)26(23-10-5-3-6-11-23)27(29-30)24-12-7-4-8-13-24/h3-8,10-13,21-22H,2,9,14-18,20H2,1H3. The van der Waals surface area contributed by atoms with E-state index in [4.69, 9.17) is 5.10 Å². The molecule has 1 aliphatic carbocycles. The molecule has 1 heterocycles. The Kier molecular flexibility index (Phi) is 6.64. The van der Waals surface area contributed by atoms with E-state index in [1.54, 1.807) is 0 Å². The van der Waals surface area contributed by atoms with Crippen LogP contribution >= 0.6 is 0 Å². The van der Waals surface area contributed by atoms with E-state index in [0.29, 0.717) is 12.3 Å². The molecule has 0 N–H and O–H groups in total. The Morgan fingerprint density at radius 2 is 1.50 bits per heavy atom. The van der Waals surface area contributed by atoms with Gasteiger partial charge in [-0.3, -0.25) is 4.68 Å². The van der Waals surface area contributed by atoms with Crippen LogP contribution in [0.2, 0.25) is 0 Å². The van der Waals surface area contributed by atoms with Gasteiger partial charge in [0.05, 0.1) is 6.07 Å². The van der Waals surface area contributed by atoms with Crippen LogP contribution < -0.4 is 0 Å². The van der Waals surface area contributed by atoms with Gasteiger partial charge in [0, 0.05) is 36.2 Å². The molecule has 1 aromatic heterocycles. The minimum Gasteiger partial charge on any atom is -0.268 e. The smallest absolute Gasteiger partial charge is 0.100 e. The van der Waals surface area contributed by atoms with E-state index in [9.17, 15) is 5.26 Å². The maximum Gasteiger partial charge on any atom is 0.100 e. The third-order valence-electron chi connectivity index (χ3n) is 6.62. The Morgan fingerprint density at radius 3 is 2.10 bits per heavy atom. The van der Waals surface area contributed by atoms with Crippen LogP contribution in [0.15, 0.2) is 60.7 Å². The zero-order chi connectivity index (χ0) is 20.8. The normalized spacial score (nSPS) is 18.8. The van der Waals surface area contributed by atoms with Gasteiger partial charge < -0.3 is 0 Å². The molecule has 3 aromatic rings. The topological polar surface area (TPSA) is 41.6 Å². The van der Waals surface area contributed by atoms with Gasteiger partial charge in [0.15, 0.2) is 0 Å². The van der Waals surface area contributed by atoms with Crippen LogP contribution in [-0.2, 0) is 13.0 Å². The number of aromatic nitrogens is 2. The summed E-state index contributed by atoms with van der Waals surface area (Å²) in [6.07, 6.45) is 7.82. The first-order valence-corrected chi connectivity index (χ1v) is 11.4. The van der Waals surface area contributed by atoms with E-state index >= 15 is 0 Å². The summed E-state index contributed by atoms with van der Waals surface area (Å²) in [6, 6.07) is 23.4. The van der Waals surface area contributed by atoms with Gasteiger partial charge in [-0.05, 0) is 30.2 Å². The third-order valence-corrected chi connectivity index (χ3v) is 6.62. The molecular formula is C27H31N3. The number of rotatable bonds is 7. The van der Waals surface area contributed by atoms with Gasteiger partial charge in [-0.2, -0.15) is 10.4 Å². The van der Waals surface area contributed by atoms with Crippen molar-refractivity contribution in [3.05, 3.63) is 66.4 Å². The highest BCUT2D eigenvalue weighted by Gasteiger charge is 2.25. The van der Waals surface area contributed by atoms with Crippen LogP contribution in [-0.4, -0.2) is 9.78 Å². The van der Waals surface area contributed by atoms with E-state index in [2.05, 4.69) is 72.3 Å². The van der Waals surface area contributed by atoms with Gasteiger partial charge in [-0.1, -0.05) is 86.8 Å². The van der Waals surface area contributed by atoms with Crippen LogP contribution in [0.25, 0.3) is 22.4 Å². The summed E-state index contributed by atoms with van der Waals surface area (Å²) in [6.45, 7) is 3.28. The number of nitrogens with zero attached hydrogens (tertiary/aromatic N) is 3. The highest BCUT2D eigenvalue weighted by molar-refractivity contribution is 5.82. The van der Waals surface area contributed by atoms with Crippen molar-refractivity contribution in [2.24, 2.45) is 11.8 Å². The summed E-state index contributed by atoms with van der Waals surface area (Å²) < 4.78 is 2.24. The van der Waals surface area contributed by atoms with Crippen molar-refractivity contribution < 1.29 is 0 Å². The summed E-state index contributed by atoms with van der Waals surface area (Å²) in [7, 11) is 0. The van der Waals surface area contributed by atoms with Crippen LogP contribution in [0.1, 0.15) is 51.1 Å². The fourth-order valence-corrected chi connectivity index (χ4v) is 4.85. The number of hydrogen-bond acceptors (Lipinski definition) is 2. The van der Waals surface area contributed by atoms with Crippen LogP contribution in [0.4, 0.5) is 0 Å². The molecule has 0 amide bonds. The SMILES string of the molecule is CCC1CCC(Cn2nc(-c3ccccc3)c(-c3ccccc3)c2CCC#N)CC1. The van der Waals surface area contributed by atoms with Gasteiger partial charge in [0.2, 0.25) is 0 Å². The molecule has 2 aromatic carbocycles. The van der Waals surface area contributed by atoms with E-state index in [-0.39, 0.29) is 0 Å². The Morgan fingerprint density at radius 1 is 0.900 bits per heavy atom. The first-order valence-electron chi connectivity index (χ1n) is 11.4. The summed E-state index contributed by atoms with van der Waals surface area (Å²) in [5.41, 5.74) is 5.77. The molecule has 1 fully saturated rings. The Balaban J connectivity index is 1.75. The molecule has 0 bridgehead atoms. The van der Waals surface area contributed by atoms with Gasteiger partial charge in [0.25, 0.3) is 0 Å². The van der Waals surface area contributed by atoms with Crippen molar-refractivity contribution in [2.45, 2.75) is 58.4 Å². The number of nitriles is 1. The second-order valence-corrected chi connectivity index (χ2v) is 8.54. The lowest BCUT2D eigenvalue weighted by atomic mass is 9.81. The largest absolute Gasteiger partial charge is 0.268 e. The van der Waals surface area contributed by atoms with Crippen molar-refractivity contribution in [1.82, 2.24) is 9.78 Å². The predicted molar refractivity (Wildman–Crippen MR) is 123 cm³/mol. The van der Waals surface area contributed by atoms with E-state index in [0.717, 1.165) is 30.1 Å². The molecule has 0 atom stereocenters. The average Bonchev–Trinajstić information content (AvgIpc) is 3.17. The molecule has 154 valence electrons. The first-order chi connectivity index (χ1) is 14.8. The molecule has 0 saturated heterocycles. The Hall–Kier alpha value is -2.86. The van der Waals surface area contributed by atoms with Crippen molar-refractivity contribution in [3.8, 4) is 28.5 Å². The molecule has 0 unspecified atom stereocenters. The molecule has 1 saturated carbocycles. The predicted octanol–water partition coefficient (Wildman–Crippen LogP) is 6.89. The lowest BCUT2D eigenvalue weighted by molar-refractivity contribution is 0.240. The Labute approximate surface area is 180 Å². The van der Waals surface area contributed by atoms with Gasteiger partial charge in [-0.25, -0.2) is 0 Å². The quantitative estimate of drug-likeness (QED) is 0.435. The van der Waals surface area contributed by atoms with E-state index < -0.39 is 0 Å². The maximum atomic E-state index is 9.30. The molecule has 1 aliphatic rings. The fraction of sp³-hybridized carbons (Fsp3) is 0.407. The van der Waals surface area contributed by atoms with E-state index in [1.165, 1.54) is 48.9 Å². The lowest BCUT2D eigenvalue weighted by Gasteiger charge is -2.28. The summed E-state index contributed by atoms with van der Waals surface area (Å²) in [5, 5.41) is 14.5. The number of benzene rings is 2. The molecular weight excluding hydrogens is 366 g/mol. The third kappa shape index (κ3) is 4.49. The van der Waals surface area contributed by atoms with Crippen molar-refractivity contribution >= 4 is 0 Å². The highest BCUT2D eigenvalue weighted by Crippen LogP contribution is 2.37. The molecule has 30 heavy (non-hydrogen) atoms. The average molecular weight is 398 g/mol. The van der Waals surface area contributed by atoms with Crippen LogP contribution in [0.3, 0.4) is 0 Å². The Bertz CT molecular complexity index is 974. The van der Waals surface area contributed by atoms with Gasteiger partial charge in [-0.15, -0.1) is 0 Å². The van der Waals surface area contributed by atoms with Gasteiger partial charge >= 0.3 is 0 Å². The molecule has 3 nitrogen and oxygen atoms in total. The minimum absolute atomic E-state index is 0.516. The highest BCUT2D eigenvalue weighted by atomic mass is 15.3. The monoisotopic (exact) mass is 397 g/mol. The molecule has 0 aliphatic heterocycles. The second kappa shape index (κ2) is 9.76. The molecule has 0 radical (unpaired) electrons. The maximum absolute atomic E-state index is 9.30. The zero-order valence-corrected chi connectivity index (χ0v) is 17.9. The molecule has 0 spiro atoms. The van der Waals surface area contributed by atoms with E-state index in [1.807, 2.05) is 6.07 Å².